The molecule has 0 aliphatic carbocycles. The number of hydrogen-bond donors (Lipinski definition) is 0. The number of pyridine rings is 7. The molecule has 0 fully saturated rings. The molecule has 7 nitrogen and oxygen atoms in total. The van der Waals surface area contributed by atoms with E-state index in [1.54, 1.807) is 0 Å². The number of aryl methyl sites for hydroxylation is 14. The normalized spacial score (nSPS) is 10.5. The summed E-state index contributed by atoms with van der Waals surface area (Å²) >= 11 is 0. The Morgan fingerprint density at radius 2 is 0.667 bits per heavy atom. The smallest absolute Gasteiger partial charge is 0.0734 e. The summed E-state index contributed by atoms with van der Waals surface area (Å²) in [4.78, 5) is 30.4. The summed E-state index contributed by atoms with van der Waals surface area (Å²) < 4.78 is 0. The maximum atomic E-state index is 4.48. The van der Waals surface area contributed by atoms with Crippen molar-refractivity contribution >= 4 is 76.3 Å². The first-order chi connectivity index (χ1) is 40.4. The van der Waals surface area contributed by atoms with Crippen LogP contribution in [0.1, 0.15) is 78.0 Å². The highest BCUT2D eigenvalue weighted by Gasteiger charge is 2.02. The Kier molecular flexibility index (Phi) is 20.5. The first-order valence-corrected chi connectivity index (χ1v) is 28.6. The lowest BCUT2D eigenvalue weighted by Gasteiger charge is -2.03. The molecule has 7 aromatic carbocycles. The Balaban J connectivity index is 0.000000128. The van der Waals surface area contributed by atoms with Gasteiger partial charge in [-0.05, 0) is 243 Å². The highest BCUT2D eigenvalue weighted by atomic mass is 14.7. The molecule has 0 saturated heterocycles. The third-order valence-electron chi connectivity index (χ3n) is 14.4. The van der Waals surface area contributed by atoms with E-state index in [0.717, 1.165) is 44.3 Å². The molecule has 7 heterocycles. The van der Waals surface area contributed by atoms with Crippen LogP contribution in [-0.4, -0.2) is 34.9 Å². The average Bonchev–Trinajstić information content (AvgIpc) is 3.63. The molecule has 0 aliphatic heterocycles. The molecule has 0 bridgehead atoms. The third-order valence-corrected chi connectivity index (χ3v) is 14.4. The molecule has 420 valence electrons. The number of nitrogens with zero attached hydrogens (tertiary/aromatic N) is 7. The molecule has 0 saturated carbocycles. The van der Waals surface area contributed by atoms with Crippen LogP contribution in [0.2, 0.25) is 0 Å². The first-order valence-electron chi connectivity index (χ1n) is 28.6. The van der Waals surface area contributed by atoms with Gasteiger partial charge in [0, 0.05) is 80.6 Å². The van der Waals surface area contributed by atoms with E-state index in [0.29, 0.717) is 0 Å². The Bertz CT molecular complexity index is 4220. The summed E-state index contributed by atoms with van der Waals surface area (Å²) in [7, 11) is 0. The van der Waals surface area contributed by atoms with E-state index in [9.17, 15) is 0 Å². The van der Waals surface area contributed by atoms with Crippen molar-refractivity contribution in [2.75, 3.05) is 0 Å². The van der Waals surface area contributed by atoms with Crippen LogP contribution in [0.15, 0.2) is 213 Å². The van der Waals surface area contributed by atoms with Gasteiger partial charge in [0.1, 0.15) is 0 Å². The maximum Gasteiger partial charge on any atom is 0.0734 e. The predicted octanol–water partition coefficient (Wildman–Crippen LogP) is 20.0. The molecule has 14 rings (SSSR count). The summed E-state index contributed by atoms with van der Waals surface area (Å²) in [6.45, 7) is 29.2. The fourth-order valence-corrected chi connectivity index (χ4v) is 9.90. The summed E-state index contributed by atoms with van der Waals surface area (Å²) in [5.41, 5.74) is 25.1. The molecule has 14 aromatic rings. The minimum Gasteiger partial charge on any atom is -0.256 e. The van der Waals surface area contributed by atoms with Crippen LogP contribution in [-0.2, 0) is 0 Å². The molecule has 0 amide bonds. The second-order valence-corrected chi connectivity index (χ2v) is 22.1. The number of benzene rings is 7. The fourth-order valence-electron chi connectivity index (χ4n) is 9.90. The number of aromatic nitrogens is 7. The van der Waals surface area contributed by atoms with Gasteiger partial charge in [-0.25, -0.2) is 0 Å². The quantitative estimate of drug-likeness (QED) is 0.149. The lowest BCUT2D eigenvalue weighted by molar-refractivity contribution is 1.24. The van der Waals surface area contributed by atoms with E-state index >= 15 is 0 Å². The highest BCUT2D eigenvalue weighted by molar-refractivity contribution is 5.86. The number of para-hydroxylation sites is 2. The van der Waals surface area contributed by atoms with Crippen LogP contribution in [0, 0.1) is 96.9 Å². The second-order valence-electron chi connectivity index (χ2n) is 22.1. The van der Waals surface area contributed by atoms with Gasteiger partial charge >= 0.3 is 0 Å². The van der Waals surface area contributed by atoms with Crippen molar-refractivity contribution in [2.45, 2.75) is 96.9 Å². The van der Waals surface area contributed by atoms with Crippen molar-refractivity contribution in [2.24, 2.45) is 0 Å². The molecule has 0 atom stereocenters. The van der Waals surface area contributed by atoms with Gasteiger partial charge in [0.05, 0.1) is 38.6 Å². The molecule has 7 aromatic heterocycles. The van der Waals surface area contributed by atoms with Gasteiger partial charge in [0.25, 0.3) is 0 Å². The third kappa shape index (κ3) is 16.3. The zero-order valence-corrected chi connectivity index (χ0v) is 51.3. The number of rotatable bonds is 0. The van der Waals surface area contributed by atoms with Crippen LogP contribution in [0.3, 0.4) is 0 Å². The van der Waals surface area contributed by atoms with Crippen LogP contribution in [0.25, 0.3) is 76.3 Å². The van der Waals surface area contributed by atoms with Gasteiger partial charge in [-0.2, -0.15) is 0 Å². The summed E-state index contributed by atoms with van der Waals surface area (Å²) in [6, 6.07) is 60.8. The zero-order chi connectivity index (χ0) is 59.9. The molecule has 0 unspecified atom stereocenters. The van der Waals surface area contributed by atoms with Crippen LogP contribution < -0.4 is 0 Å². The van der Waals surface area contributed by atoms with E-state index in [1.807, 2.05) is 74.4 Å². The van der Waals surface area contributed by atoms with E-state index in [1.165, 1.54) is 110 Å². The fraction of sp³-hybridized carbons (Fsp3) is 0.182. The van der Waals surface area contributed by atoms with Crippen molar-refractivity contribution in [3.63, 3.8) is 0 Å². The van der Waals surface area contributed by atoms with Crippen molar-refractivity contribution in [1.82, 2.24) is 34.9 Å². The van der Waals surface area contributed by atoms with Gasteiger partial charge in [-0.15, -0.1) is 0 Å². The number of fused-ring (bicyclic) bond motifs is 7. The monoisotopic (exact) mass is 1100 g/mol. The molecule has 84 heavy (non-hydrogen) atoms. The largest absolute Gasteiger partial charge is 0.256 e. The number of hydrogen-bond acceptors (Lipinski definition) is 7. The van der Waals surface area contributed by atoms with Gasteiger partial charge in [-0.3, -0.25) is 34.9 Å². The van der Waals surface area contributed by atoms with E-state index < -0.39 is 0 Å². The van der Waals surface area contributed by atoms with Crippen molar-refractivity contribution < 1.29 is 0 Å². The summed E-state index contributed by atoms with van der Waals surface area (Å²) in [6.07, 6.45) is 11.3. The predicted molar refractivity (Wildman–Crippen MR) is 359 cm³/mol. The van der Waals surface area contributed by atoms with Crippen LogP contribution >= 0.6 is 0 Å². The summed E-state index contributed by atoms with van der Waals surface area (Å²) in [5.74, 6) is 0. The molecule has 0 radical (unpaired) electrons. The molecule has 0 aliphatic rings. The van der Waals surface area contributed by atoms with Crippen molar-refractivity contribution in [3.8, 4) is 0 Å². The van der Waals surface area contributed by atoms with Gasteiger partial charge in [-0.1, -0.05) is 102 Å². The molecule has 0 spiro atoms. The Hall–Kier alpha value is -9.59. The van der Waals surface area contributed by atoms with Crippen LogP contribution in [0.4, 0.5) is 0 Å². The Labute approximate surface area is 496 Å². The first kappa shape index (κ1) is 60.5. The van der Waals surface area contributed by atoms with E-state index in [4.69, 9.17) is 0 Å². The zero-order valence-electron chi connectivity index (χ0n) is 51.3. The average molecular weight is 1100 g/mol. The molecule has 7 heteroatoms. The minimum absolute atomic E-state index is 1.08. The molecular formula is C77H77N7. The minimum atomic E-state index is 1.08. The Morgan fingerprint density at radius 1 is 0.238 bits per heavy atom. The van der Waals surface area contributed by atoms with Crippen LogP contribution in [0.5, 0.6) is 0 Å². The van der Waals surface area contributed by atoms with Crippen molar-refractivity contribution in [1.29, 1.82) is 0 Å². The lowest BCUT2D eigenvalue weighted by Crippen LogP contribution is -1.85. The standard InChI is InChI=1S/7C11H11N/c1-8-3-4-10-5-9(2)7-12-11(10)6-8;1-8-3-4-11-10(5-8)6-9(2)7-12-11;1-8-3-4-11-10(7-8)9(2)5-6-12-11;1-8-6-10-9(2)4-3-5-11(10)12-7-8;1-8-6-10-5-3-4-9(2)11(10)12-7-8;1-8-4-3-5-10-11(8)9(2)6-7-12-10;1-8-4-3-5-10-7-6-9(2)12-11(8)10/h7*3-7H,1-2H3. The Morgan fingerprint density at radius 3 is 1.37 bits per heavy atom. The van der Waals surface area contributed by atoms with Gasteiger partial charge < -0.3 is 0 Å². The topological polar surface area (TPSA) is 90.2 Å². The van der Waals surface area contributed by atoms with Crippen molar-refractivity contribution in [3.05, 3.63) is 291 Å². The second kappa shape index (κ2) is 28.4. The van der Waals surface area contributed by atoms with E-state index in [2.05, 4.69) is 270 Å². The molecular weight excluding hydrogens is 1020 g/mol. The SMILES string of the molecule is Cc1ccc2cccc(C)c2n1.Cc1ccc2ncc(C)cc2c1.Cc1ccc2nccc(C)c2c1.Cc1cccc2nccc(C)c12.Cc1cnc2c(C)cccc2c1.Cc1cnc2cc(C)ccc2c1.Cc1cnc2cccc(C)c2c1. The highest BCUT2D eigenvalue weighted by Crippen LogP contribution is 2.22. The summed E-state index contributed by atoms with van der Waals surface area (Å²) in [5, 5.41) is 8.72. The van der Waals surface area contributed by atoms with E-state index in [-0.39, 0.29) is 0 Å². The molecule has 0 N–H and O–H groups in total. The van der Waals surface area contributed by atoms with Gasteiger partial charge in [0.2, 0.25) is 0 Å². The maximum absolute atomic E-state index is 4.48. The lowest BCUT2D eigenvalue weighted by atomic mass is 10.1. The van der Waals surface area contributed by atoms with Gasteiger partial charge in [0.15, 0.2) is 0 Å².